The number of thioether (sulfide) groups is 1. The van der Waals surface area contributed by atoms with E-state index < -0.39 is 10.0 Å². The maximum atomic E-state index is 13.0. The average Bonchev–Trinajstić information content (AvgIpc) is 3.20. The molecule has 1 aromatic heterocycles. The summed E-state index contributed by atoms with van der Waals surface area (Å²) in [6, 6.07) is 9.93. The second-order valence-electron chi connectivity index (χ2n) is 7.00. The zero-order chi connectivity index (χ0) is 20.9. The molecular formula is C20H26N2O5S2. The van der Waals surface area contributed by atoms with E-state index in [4.69, 9.17) is 9.15 Å². The van der Waals surface area contributed by atoms with Crippen molar-refractivity contribution in [1.82, 2.24) is 9.62 Å². The minimum absolute atomic E-state index is 0.124. The van der Waals surface area contributed by atoms with E-state index in [1.807, 2.05) is 26.0 Å². The highest BCUT2D eigenvalue weighted by molar-refractivity contribution is 7.98. The summed E-state index contributed by atoms with van der Waals surface area (Å²) >= 11 is 1.65. The van der Waals surface area contributed by atoms with E-state index in [9.17, 15) is 13.2 Å². The van der Waals surface area contributed by atoms with Gasteiger partial charge in [-0.3, -0.25) is 4.79 Å². The Labute approximate surface area is 175 Å². The van der Waals surface area contributed by atoms with Gasteiger partial charge in [0, 0.05) is 31.0 Å². The highest BCUT2D eigenvalue weighted by Crippen LogP contribution is 2.22. The third kappa shape index (κ3) is 5.85. The van der Waals surface area contributed by atoms with E-state index in [0.29, 0.717) is 25.2 Å². The van der Waals surface area contributed by atoms with Gasteiger partial charge >= 0.3 is 0 Å². The quantitative estimate of drug-likeness (QED) is 0.638. The Hall–Kier alpha value is -1.81. The van der Waals surface area contributed by atoms with E-state index in [1.54, 1.807) is 30.2 Å². The highest BCUT2D eigenvalue weighted by atomic mass is 32.2. The molecule has 1 saturated heterocycles. The number of benzene rings is 1. The summed E-state index contributed by atoms with van der Waals surface area (Å²) in [6.07, 6.45) is 1.30. The number of hydrogen-bond donors (Lipinski definition) is 1. The SMILES string of the molecule is C[C@@H]1CN(S(=O)(=O)c2cccc(C(=O)NCCSCc3ccco3)c2)C[C@H](C)O1. The van der Waals surface area contributed by atoms with Crippen molar-refractivity contribution in [1.29, 1.82) is 0 Å². The van der Waals surface area contributed by atoms with Crippen LogP contribution in [0.3, 0.4) is 0 Å². The maximum absolute atomic E-state index is 13.0. The molecule has 1 N–H and O–H groups in total. The number of nitrogens with one attached hydrogen (secondary N) is 1. The van der Waals surface area contributed by atoms with Crippen molar-refractivity contribution < 1.29 is 22.4 Å². The smallest absolute Gasteiger partial charge is 0.251 e. The Morgan fingerprint density at radius 3 is 2.66 bits per heavy atom. The Morgan fingerprint density at radius 2 is 1.97 bits per heavy atom. The van der Waals surface area contributed by atoms with E-state index in [1.165, 1.54) is 16.4 Å². The van der Waals surface area contributed by atoms with Gasteiger partial charge in [-0.1, -0.05) is 6.07 Å². The lowest BCUT2D eigenvalue weighted by molar-refractivity contribution is -0.0440. The fourth-order valence-corrected chi connectivity index (χ4v) is 5.57. The van der Waals surface area contributed by atoms with Gasteiger partial charge in [-0.15, -0.1) is 0 Å². The van der Waals surface area contributed by atoms with Crippen LogP contribution in [0, 0.1) is 0 Å². The number of carbonyl (C=O) groups is 1. The molecule has 2 atom stereocenters. The normalized spacial score (nSPS) is 20.5. The van der Waals surface area contributed by atoms with Crippen LogP contribution in [-0.4, -0.2) is 56.2 Å². The molecule has 0 aliphatic carbocycles. The second-order valence-corrected chi connectivity index (χ2v) is 10.0. The molecule has 0 bridgehead atoms. The lowest BCUT2D eigenvalue weighted by atomic mass is 10.2. The molecule has 2 heterocycles. The maximum Gasteiger partial charge on any atom is 0.251 e. The van der Waals surface area contributed by atoms with Crippen LogP contribution in [0.5, 0.6) is 0 Å². The molecule has 1 amide bonds. The van der Waals surface area contributed by atoms with Crippen molar-refractivity contribution in [2.24, 2.45) is 0 Å². The van der Waals surface area contributed by atoms with E-state index in [2.05, 4.69) is 5.32 Å². The third-order valence-corrected chi connectivity index (χ3v) is 7.29. The predicted octanol–water partition coefficient (Wildman–Crippen LogP) is 2.74. The standard InChI is InChI=1S/C20H26N2O5S2/c1-15-12-22(13-16(2)27-15)29(24,25)19-7-3-5-17(11-19)20(23)21-8-10-28-14-18-6-4-9-26-18/h3-7,9,11,15-16H,8,10,12-14H2,1-2H3,(H,21,23)/t15-,16+. The Morgan fingerprint density at radius 1 is 1.21 bits per heavy atom. The molecule has 0 saturated carbocycles. The number of hydrogen-bond acceptors (Lipinski definition) is 6. The molecular weight excluding hydrogens is 412 g/mol. The van der Waals surface area contributed by atoms with E-state index >= 15 is 0 Å². The van der Waals surface area contributed by atoms with Crippen molar-refractivity contribution in [3.05, 3.63) is 54.0 Å². The predicted molar refractivity (Wildman–Crippen MR) is 112 cm³/mol. The number of furan rings is 1. The number of sulfonamides is 1. The molecule has 3 rings (SSSR count). The molecule has 2 aromatic rings. The topological polar surface area (TPSA) is 88.9 Å². The van der Waals surface area contributed by atoms with Gasteiger partial charge in [0.25, 0.3) is 5.91 Å². The molecule has 1 aliphatic heterocycles. The first-order chi connectivity index (χ1) is 13.9. The lowest BCUT2D eigenvalue weighted by Gasteiger charge is -2.34. The van der Waals surface area contributed by atoms with Crippen LogP contribution in [0.1, 0.15) is 30.0 Å². The monoisotopic (exact) mass is 438 g/mol. The van der Waals surface area contributed by atoms with Gasteiger partial charge in [-0.25, -0.2) is 8.42 Å². The first-order valence-electron chi connectivity index (χ1n) is 9.50. The molecule has 29 heavy (non-hydrogen) atoms. The van der Waals surface area contributed by atoms with Crippen molar-refractivity contribution in [3.8, 4) is 0 Å². The van der Waals surface area contributed by atoms with Crippen molar-refractivity contribution in [2.75, 3.05) is 25.4 Å². The minimum Gasteiger partial charge on any atom is -0.468 e. The van der Waals surface area contributed by atoms with Gasteiger partial charge in [-0.2, -0.15) is 16.1 Å². The summed E-state index contributed by atoms with van der Waals surface area (Å²) < 4.78 is 38.3. The van der Waals surface area contributed by atoms with Crippen molar-refractivity contribution in [3.63, 3.8) is 0 Å². The molecule has 7 nitrogen and oxygen atoms in total. The van der Waals surface area contributed by atoms with Crippen LogP contribution in [0.25, 0.3) is 0 Å². The van der Waals surface area contributed by atoms with Gasteiger partial charge in [0.15, 0.2) is 0 Å². The van der Waals surface area contributed by atoms with E-state index in [0.717, 1.165) is 17.3 Å². The largest absolute Gasteiger partial charge is 0.468 e. The molecule has 0 spiro atoms. The molecule has 1 aliphatic rings. The fraction of sp³-hybridized carbons (Fsp3) is 0.450. The molecule has 0 radical (unpaired) electrons. The second kappa shape index (κ2) is 9.80. The van der Waals surface area contributed by atoms with Crippen LogP contribution >= 0.6 is 11.8 Å². The van der Waals surface area contributed by atoms with E-state index in [-0.39, 0.29) is 23.0 Å². The average molecular weight is 439 g/mol. The number of amides is 1. The van der Waals surface area contributed by atoms with Crippen LogP contribution in [0.2, 0.25) is 0 Å². The van der Waals surface area contributed by atoms with Crippen LogP contribution in [-0.2, 0) is 20.5 Å². The summed E-state index contributed by atoms with van der Waals surface area (Å²) in [5, 5.41) is 2.83. The number of ether oxygens (including phenoxy) is 1. The molecule has 1 aromatic carbocycles. The van der Waals surface area contributed by atoms with Gasteiger partial charge in [-0.05, 0) is 44.2 Å². The summed E-state index contributed by atoms with van der Waals surface area (Å²) in [6.45, 7) is 4.80. The summed E-state index contributed by atoms with van der Waals surface area (Å²) in [5.41, 5.74) is 0.330. The van der Waals surface area contributed by atoms with Gasteiger partial charge in [0.05, 0.1) is 29.1 Å². The zero-order valence-electron chi connectivity index (χ0n) is 16.5. The minimum atomic E-state index is -3.68. The molecule has 9 heteroatoms. The first kappa shape index (κ1) is 21.9. The summed E-state index contributed by atoms with van der Waals surface area (Å²) in [5.74, 6) is 2.08. The molecule has 158 valence electrons. The molecule has 1 fully saturated rings. The lowest BCUT2D eigenvalue weighted by Crippen LogP contribution is -2.48. The fourth-order valence-electron chi connectivity index (χ4n) is 3.18. The Bertz CT molecular complexity index is 905. The summed E-state index contributed by atoms with van der Waals surface area (Å²) in [7, 11) is -3.68. The van der Waals surface area contributed by atoms with Gasteiger partial charge in [0.2, 0.25) is 10.0 Å². The number of carbonyl (C=O) groups excluding carboxylic acids is 1. The number of rotatable bonds is 8. The zero-order valence-corrected chi connectivity index (χ0v) is 18.2. The van der Waals surface area contributed by atoms with Gasteiger partial charge in [0.1, 0.15) is 5.76 Å². The Balaban J connectivity index is 1.57. The van der Waals surface area contributed by atoms with Gasteiger partial charge < -0.3 is 14.5 Å². The van der Waals surface area contributed by atoms with Crippen LogP contribution < -0.4 is 5.32 Å². The summed E-state index contributed by atoms with van der Waals surface area (Å²) in [4.78, 5) is 12.6. The number of nitrogens with zero attached hydrogens (tertiary/aromatic N) is 1. The van der Waals surface area contributed by atoms with Crippen LogP contribution in [0.15, 0.2) is 52.0 Å². The third-order valence-electron chi connectivity index (χ3n) is 4.48. The molecule has 0 unspecified atom stereocenters. The van der Waals surface area contributed by atoms with Crippen LogP contribution in [0.4, 0.5) is 0 Å². The van der Waals surface area contributed by atoms with Crippen molar-refractivity contribution >= 4 is 27.7 Å². The number of morpholine rings is 1. The van der Waals surface area contributed by atoms with Crippen molar-refractivity contribution in [2.45, 2.75) is 36.7 Å². The first-order valence-corrected chi connectivity index (χ1v) is 12.1. The highest BCUT2D eigenvalue weighted by Gasteiger charge is 2.32. The Kier molecular flexibility index (Phi) is 7.39.